The van der Waals surface area contributed by atoms with Gasteiger partial charge in [0.15, 0.2) is 5.76 Å². The number of hydrogen-bond donors (Lipinski definition) is 1. The van der Waals surface area contributed by atoms with Gasteiger partial charge < -0.3 is 14.3 Å². The van der Waals surface area contributed by atoms with Crippen LogP contribution >= 0.6 is 0 Å². The Kier molecular flexibility index (Phi) is 4.67. The number of carbonyl (C=O) groups excluding carboxylic acids is 1. The van der Waals surface area contributed by atoms with E-state index in [2.05, 4.69) is 15.5 Å². The summed E-state index contributed by atoms with van der Waals surface area (Å²) in [5.74, 6) is 1.23. The molecule has 0 aliphatic heterocycles. The van der Waals surface area contributed by atoms with E-state index in [4.69, 9.17) is 8.94 Å². The van der Waals surface area contributed by atoms with E-state index in [1.807, 2.05) is 54.6 Å². The first-order valence-corrected chi connectivity index (χ1v) is 10.1. The van der Waals surface area contributed by atoms with E-state index in [1.54, 1.807) is 18.4 Å². The molecule has 150 valence electrons. The van der Waals surface area contributed by atoms with Gasteiger partial charge in [-0.3, -0.25) is 4.79 Å². The first kappa shape index (κ1) is 18.4. The summed E-state index contributed by atoms with van der Waals surface area (Å²) in [5, 5.41) is 7.15. The van der Waals surface area contributed by atoms with Gasteiger partial charge in [0.1, 0.15) is 0 Å². The number of nitrogens with one attached hydrogen (secondary N) is 1. The Bertz CT molecular complexity index is 1140. The Morgan fingerprint density at radius 2 is 1.70 bits per heavy atom. The smallest absolute Gasteiger partial charge is 0.260 e. The number of carbonyl (C=O) groups is 1. The van der Waals surface area contributed by atoms with Crippen LogP contribution in [0, 0.1) is 0 Å². The molecular weight excluding hydrogens is 378 g/mol. The molecular formula is C24H21N3O3. The van der Waals surface area contributed by atoms with Gasteiger partial charge in [-0.1, -0.05) is 60.5 Å². The molecule has 1 aliphatic carbocycles. The molecule has 0 spiro atoms. The lowest BCUT2D eigenvalue weighted by molar-refractivity contribution is -0.121. The predicted octanol–water partition coefficient (Wildman–Crippen LogP) is 5.45. The van der Waals surface area contributed by atoms with Crippen LogP contribution in [0.4, 0.5) is 5.69 Å². The first-order chi connectivity index (χ1) is 14.8. The van der Waals surface area contributed by atoms with Crippen LogP contribution in [0.5, 0.6) is 0 Å². The monoisotopic (exact) mass is 399 g/mol. The number of aromatic nitrogens is 2. The van der Waals surface area contributed by atoms with Crippen molar-refractivity contribution >= 4 is 11.6 Å². The molecule has 30 heavy (non-hydrogen) atoms. The molecule has 5 rings (SSSR count). The van der Waals surface area contributed by atoms with Crippen LogP contribution in [0.2, 0.25) is 0 Å². The zero-order chi connectivity index (χ0) is 20.4. The second-order valence-corrected chi connectivity index (χ2v) is 7.56. The van der Waals surface area contributed by atoms with Crippen molar-refractivity contribution in [1.29, 1.82) is 0 Å². The minimum absolute atomic E-state index is 0.00410. The van der Waals surface area contributed by atoms with Crippen molar-refractivity contribution in [3.8, 4) is 23.0 Å². The van der Waals surface area contributed by atoms with E-state index in [1.165, 1.54) is 0 Å². The number of para-hydroxylation sites is 1. The fourth-order valence-electron chi connectivity index (χ4n) is 4.24. The molecule has 6 nitrogen and oxygen atoms in total. The lowest BCUT2D eigenvalue weighted by Crippen LogP contribution is -2.38. The van der Waals surface area contributed by atoms with Crippen molar-refractivity contribution in [1.82, 2.24) is 10.1 Å². The molecule has 1 amide bonds. The number of furan rings is 1. The molecule has 0 saturated heterocycles. The average Bonchev–Trinajstić information content (AvgIpc) is 3.56. The van der Waals surface area contributed by atoms with Crippen LogP contribution in [0.1, 0.15) is 31.2 Å². The highest BCUT2D eigenvalue weighted by Crippen LogP contribution is 2.42. The van der Waals surface area contributed by atoms with Gasteiger partial charge in [-0.15, -0.1) is 0 Å². The standard InChI is InChI=1S/C24H21N3O3/c28-23(24(14-6-7-15-24)17-9-2-1-3-10-17)25-19-12-5-4-11-18(19)22-26-21(27-30-22)20-13-8-16-29-20/h1-5,8-13,16H,6-7,14-15H2,(H,25,28). The zero-order valence-corrected chi connectivity index (χ0v) is 16.4. The van der Waals surface area contributed by atoms with Crippen molar-refractivity contribution in [2.45, 2.75) is 31.1 Å². The summed E-state index contributed by atoms with van der Waals surface area (Å²) in [4.78, 5) is 18.0. The van der Waals surface area contributed by atoms with E-state index in [9.17, 15) is 4.79 Å². The Labute approximate surface area is 173 Å². The van der Waals surface area contributed by atoms with Gasteiger partial charge >= 0.3 is 0 Å². The van der Waals surface area contributed by atoms with Gasteiger partial charge in [0.25, 0.3) is 5.89 Å². The molecule has 4 aromatic rings. The zero-order valence-electron chi connectivity index (χ0n) is 16.4. The number of benzene rings is 2. The van der Waals surface area contributed by atoms with E-state index in [-0.39, 0.29) is 5.91 Å². The molecule has 0 bridgehead atoms. The van der Waals surface area contributed by atoms with Gasteiger partial charge in [0.05, 0.1) is 22.9 Å². The third-order valence-corrected chi connectivity index (χ3v) is 5.79. The fourth-order valence-corrected chi connectivity index (χ4v) is 4.24. The highest BCUT2D eigenvalue weighted by molar-refractivity contribution is 6.01. The summed E-state index contributed by atoms with van der Waals surface area (Å²) in [5.41, 5.74) is 1.88. The van der Waals surface area contributed by atoms with Gasteiger partial charge in [-0.2, -0.15) is 4.98 Å². The minimum Gasteiger partial charge on any atom is -0.461 e. The normalized spacial score (nSPS) is 15.2. The Morgan fingerprint density at radius 1 is 0.933 bits per heavy atom. The third-order valence-electron chi connectivity index (χ3n) is 5.79. The van der Waals surface area contributed by atoms with E-state index in [0.29, 0.717) is 28.7 Å². The summed E-state index contributed by atoms with van der Waals surface area (Å²) >= 11 is 0. The average molecular weight is 399 g/mol. The molecule has 0 atom stereocenters. The lowest BCUT2D eigenvalue weighted by atomic mass is 9.78. The van der Waals surface area contributed by atoms with Crippen molar-refractivity contribution in [2.24, 2.45) is 0 Å². The maximum Gasteiger partial charge on any atom is 0.260 e. The van der Waals surface area contributed by atoms with Crippen molar-refractivity contribution in [3.63, 3.8) is 0 Å². The highest BCUT2D eigenvalue weighted by Gasteiger charge is 2.42. The van der Waals surface area contributed by atoms with Crippen LogP contribution in [-0.4, -0.2) is 16.0 Å². The Hall–Kier alpha value is -3.67. The number of nitrogens with zero attached hydrogens (tertiary/aromatic N) is 2. The van der Waals surface area contributed by atoms with E-state index >= 15 is 0 Å². The van der Waals surface area contributed by atoms with Crippen LogP contribution in [-0.2, 0) is 10.2 Å². The van der Waals surface area contributed by atoms with Gasteiger partial charge in [0, 0.05) is 0 Å². The van der Waals surface area contributed by atoms with E-state index in [0.717, 1.165) is 31.2 Å². The molecule has 1 N–H and O–H groups in total. The van der Waals surface area contributed by atoms with Gasteiger partial charge in [-0.05, 0) is 42.7 Å². The second kappa shape index (κ2) is 7.63. The third kappa shape index (κ3) is 3.20. The maximum absolute atomic E-state index is 13.5. The molecule has 1 aliphatic rings. The molecule has 0 radical (unpaired) electrons. The molecule has 2 heterocycles. The van der Waals surface area contributed by atoms with Crippen LogP contribution in [0.25, 0.3) is 23.0 Å². The molecule has 6 heteroatoms. The maximum atomic E-state index is 13.5. The molecule has 0 unspecified atom stereocenters. The summed E-state index contributed by atoms with van der Waals surface area (Å²) in [6.07, 6.45) is 5.33. The Balaban J connectivity index is 1.47. The van der Waals surface area contributed by atoms with Crippen LogP contribution < -0.4 is 5.32 Å². The Morgan fingerprint density at radius 3 is 2.47 bits per heavy atom. The van der Waals surface area contributed by atoms with Crippen molar-refractivity contribution < 1.29 is 13.7 Å². The first-order valence-electron chi connectivity index (χ1n) is 10.1. The number of amides is 1. The largest absolute Gasteiger partial charge is 0.461 e. The predicted molar refractivity (Wildman–Crippen MR) is 113 cm³/mol. The SMILES string of the molecule is O=C(Nc1ccccc1-c1nc(-c2ccco2)no1)C1(c2ccccc2)CCCC1. The fraction of sp³-hybridized carbons (Fsp3) is 0.208. The molecule has 1 fully saturated rings. The van der Waals surface area contributed by atoms with Gasteiger partial charge in [0.2, 0.25) is 11.7 Å². The summed E-state index contributed by atoms with van der Waals surface area (Å²) in [7, 11) is 0. The topological polar surface area (TPSA) is 81.2 Å². The number of rotatable bonds is 5. The number of hydrogen-bond acceptors (Lipinski definition) is 5. The highest BCUT2D eigenvalue weighted by atomic mass is 16.5. The lowest BCUT2D eigenvalue weighted by Gasteiger charge is -2.28. The quantitative estimate of drug-likeness (QED) is 0.483. The summed E-state index contributed by atoms with van der Waals surface area (Å²) in [6, 6.07) is 21.1. The number of anilines is 1. The molecule has 2 aromatic heterocycles. The summed E-state index contributed by atoms with van der Waals surface area (Å²) < 4.78 is 10.8. The molecule has 1 saturated carbocycles. The van der Waals surface area contributed by atoms with Gasteiger partial charge in [-0.25, -0.2) is 0 Å². The van der Waals surface area contributed by atoms with Crippen molar-refractivity contribution in [2.75, 3.05) is 5.32 Å². The second-order valence-electron chi connectivity index (χ2n) is 7.56. The summed E-state index contributed by atoms with van der Waals surface area (Å²) in [6.45, 7) is 0. The van der Waals surface area contributed by atoms with Crippen molar-refractivity contribution in [3.05, 3.63) is 78.6 Å². The van der Waals surface area contributed by atoms with Crippen LogP contribution in [0.15, 0.2) is 81.9 Å². The molecule has 2 aromatic carbocycles. The minimum atomic E-state index is -0.511. The van der Waals surface area contributed by atoms with E-state index < -0.39 is 5.41 Å². The van der Waals surface area contributed by atoms with Crippen LogP contribution in [0.3, 0.4) is 0 Å².